The number of terminal acetylenes is 1. The van der Waals surface area contributed by atoms with Crippen LogP contribution in [0.1, 0.15) is 128 Å². The zero-order valence-electron chi connectivity index (χ0n) is 29.3. The minimum atomic E-state index is 0.250. The number of fused-ring (bicyclic) bond motifs is 1. The summed E-state index contributed by atoms with van der Waals surface area (Å²) in [7, 11) is 0. The summed E-state index contributed by atoms with van der Waals surface area (Å²) in [6.07, 6.45) is 28.7. The molecule has 7 heteroatoms. The highest BCUT2D eigenvalue weighted by Gasteiger charge is 2.44. The fourth-order valence-corrected chi connectivity index (χ4v) is 6.25. The zero-order valence-corrected chi connectivity index (χ0v) is 29.3. The molecule has 3 N–H and O–H groups in total. The first-order valence-corrected chi connectivity index (χ1v) is 18.2. The molecule has 3 heterocycles. The van der Waals surface area contributed by atoms with Crippen LogP contribution in [-0.4, -0.2) is 51.7 Å². The fourth-order valence-electron chi connectivity index (χ4n) is 6.25. The Hall–Kier alpha value is -3.50. The molecule has 4 aliphatic rings. The maximum atomic E-state index is 11.3. The van der Waals surface area contributed by atoms with Gasteiger partial charge in [-0.15, -0.1) is 12.8 Å². The highest BCUT2D eigenvalue weighted by Crippen LogP contribution is 2.53. The van der Waals surface area contributed by atoms with Gasteiger partial charge in [-0.3, -0.25) is 14.6 Å². The lowest BCUT2D eigenvalue weighted by atomic mass is 9.93. The number of imidazole rings is 1. The number of likely N-dealkylation sites (tertiary alicyclic amines) is 1. The van der Waals surface area contributed by atoms with E-state index in [2.05, 4.69) is 63.8 Å². The fraction of sp³-hybridized carbons (Fsp3) is 0.600. The second kappa shape index (κ2) is 20.0. The minimum absolute atomic E-state index is 0.250. The molecule has 2 aromatic heterocycles. The number of benzene rings is 1. The number of carbonyl (C=O) groups excluding carboxylic acids is 2. The Labute approximate surface area is 283 Å². The van der Waals surface area contributed by atoms with Gasteiger partial charge in [-0.25, -0.2) is 4.98 Å². The van der Waals surface area contributed by atoms with Crippen molar-refractivity contribution in [3.63, 3.8) is 0 Å². The molecule has 0 unspecified atom stereocenters. The quantitative estimate of drug-likeness (QED) is 0.117. The van der Waals surface area contributed by atoms with Crippen LogP contribution in [-0.2, 0) is 16.0 Å². The van der Waals surface area contributed by atoms with Gasteiger partial charge in [0.25, 0.3) is 0 Å². The predicted molar refractivity (Wildman–Crippen MR) is 195 cm³/mol. The van der Waals surface area contributed by atoms with E-state index in [1.807, 2.05) is 27.0 Å². The number of unbranched alkanes of at least 4 members (excludes halogenated alkanes) is 3. The van der Waals surface area contributed by atoms with Crippen LogP contribution in [0.15, 0.2) is 36.5 Å². The van der Waals surface area contributed by atoms with Gasteiger partial charge in [-0.1, -0.05) is 45.7 Å². The smallest absolute Gasteiger partial charge is 0.204 e. The van der Waals surface area contributed by atoms with Crippen molar-refractivity contribution >= 4 is 23.1 Å². The maximum absolute atomic E-state index is 11.3. The summed E-state index contributed by atoms with van der Waals surface area (Å²) < 4.78 is 0. The number of piperidine rings is 1. The molecule has 256 valence electrons. The normalized spacial score (nSPS) is 17.4. The molecular formula is C40H59N5O2. The molecule has 1 aliphatic heterocycles. The van der Waals surface area contributed by atoms with Gasteiger partial charge in [-0.05, 0) is 107 Å². The average molecular weight is 642 g/mol. The number of hydrogen-bond donors (Lipinski definition) is 2. The Morgan fingerprint density at radius 1 is 1.00 bits per heavy atom. The molecule has 3 aliphatic carbocycles. The Morgan fingerprint density at radius 2 is 1.68 bits per heavy atom. The summed E-state index contributed by atoms with van der Waals surface area (Å²) in [6.45, 7) is 10.2. The number of rotatable bonds is 12. The van der Waals surface area contributed by atoms with Crippen LogP contribution in [0, 0.1) is 24.2 Å². The number of amides is 1. The summed E-state index contributed by atoms with van der Waals surface area (Å²) in [5, 5.41) is 1.18. The zero-order chi connectivity index (χ0) is 34.1. The number of carbonyl (C=O) groups is 2. The molecule has 0 atom stereocenters. The molecule has 7 nitrogen and oxygen atoms in total. The number of primary amides is 1. The highest BCUT2D eigenvalue weighted by molar-refractivity contribution is 5.84. The SMILES string of the molecule is C#C.C1CC1CN1CCC2(CC1)CC2.CC.CCC(=O)CCCCCCc1ncc(-c2ccc3nc(C4CC4)ccc3c2)[nH]1.NC=O. The predicted octanol–water partition coefficient (Wildman–Crippen LogP) is 8.62. The topological polar surface area (TPSA) is 105 Å². The van der Waals surface area contributed by atoms with E-state index >= 15 is 0 Å². The van der Waals surface area contributed by atoms with Crippen molar-refractivity contribution in [3.8, 4) is 24.1 Å². The third-order valence-corrected chi connectivity index (χ3v) is 9.75. The molecule has 4 fully saturated rings. The second-order valence-electron chi connectivity index (χ2n) is 13.3. The van der Waals surface area contributed by atoms with Crippen molar-refractivity contribution in [2.24, 2.45) is 17.1 Å². The molecule has 1 amide bonds. The van der Waals surface area contributed by atoms with E-state index in [9.17, 15) is 4.79 Å². The number of Topliss-reactive ketones (excluding diaryl/α,β-unsaturated/α-hetero) is 1. The first-order chi connectivity index (χ1) is 23.0. The van der Waals surface area contributed by atoms with E-state index in [0.717, 1.165) is 72.5 Å². The summed E-state index contributed by atoms with van der Waals surface area (Å²) >= 11 is 0. The number of aryl methyl sites for hydroxylation is 1. The Morgan fingerprint density at radius 3 is 2.30 bits per heavy atom. The van der Waals surface area contributed by atoms with Crippen molar-refractivity contribution < 1.29 is 9.59 Å². The van der Waals surface area contributed by atoms with Gasteiger partial charge in [-0.2, -0.15) is 0 Å². The third kappa shape index (κ3) is 12.9. The Kier molecular flexibility index (Phi) is 16.1. The van der Waals surface area contributed by atoms with Gasteiger partial charge in [0, 0.05) is 48.4 Å². The van der Waals surface area contributed by atoms with Crippen molar-refractivity contribution in [3.05, 3.63) is 48.0 Å². The van der Waals surface area contributed by atoms with Gasteiger partial charge >= 0.3 is 0 Å². The van der Waals surface area contributed by atoms with Crippen LogP contribution >= 0.6 is 0 Å². The highest BCUT2D eigenvalue weighted by atomic mass is 16.1. The number of nitrogens with zero attached hydrogens (tertiary/aromatic N) is 3. The van der Waals surface area contributed by atoms with E-state index in [1.165, 1.54) is 69.2 Å². The molecule has 47 heavy (non-hydrogen) atoms. The Bertz CT molecular complexity index is 1370. The van der Waals surface area contributed by atoms with Crippen molar-refractivity contribution in [1.82, 2.24) is 19.9 Å². The van der Waals surface area contributed by atoms with E-state index in [-0.39, 0.29) is 6.41 Å². The molecular weight excluding hydrogens is 582 g/mol. The number of hydrogen-bond acceptors (Lipinski definition) is 5. The summed E-state index contributed by atoms with van der Waals surface area (Å²) in [6, 6.07) is 10.8. The van der Waals surface area contributed by atoms with E-state index in [1.54, 1.807) is 12.8 Å². The summed E-state index contributed by atoms with van der Waals surface area (Å²) in [5.41, 5.74) is 9.58. The number of ketones is 1. The number of H-pyrrole nitrogens is 1. The lowest BCUT2D eigenvalue weighted by Crippen LogP contribution is -2.35. The number of nitrogens with two attached hydrogens (primary N) is 1. The van der Waals surface area contributed by atoms with Crippen molar-refractivity contribution in [2.45, 2.75) is 123 Å². The monoisotopic (exact) mass is 641 g/mol. The van der Waals surface area contributed by atoms with E-state index in [0.29, 0.717) is 18.1 Å². The van der Waals surface area contributed by atoms with Gasteiger partial charge in [0.1, 0.15) is 11.6 Å². The van der Waals surface area contributed by atoms with E-state index < -0.39 is 0 Å². The summed E-state index contributed by atoms with van der Waals surface area (Å²) in [4.78, 5) is 35.4. The third-order valence-electron chi connectivity index (χ3n) is 9.75. The van der Waals surface area contributed by atoms with E-state index in [4.69, 9.17) is 9.78 Å². The van der Waals surface area contributed by atoms with Crippen molar-refractivity contribution in [1.29, 1.82) is 0 Å². The number of pyridine rings is 1. The van der Waals surface area contributed by atoms with Crippen LogP contribution < -0.4 is 5.73 Å². The second-order valence-corrected chi connectivity index (χ2v) is 13.3. The molecule has 7 rings (SSSR count). The maximum Gasteiger partial charge on any atom is 0.204 e. The largest absolute Gasteiger partial charge is 0.372 e. The van der Waals surface area contributed by atoms with Gasteiger partial charge < -0.3 is 15.6 Å². The van der Waals surface area contributed by atoms with Crippen LogP contribution in [0.4, 0.5) is 0 Å². The molecule has 0 bridgehead atoms. The van der Waals surface area contributed by atoms with Gasteiger partial charge in [0.05, 0.1) is 17.4 Å². The molecule has 3 aromatic rings. The molecule has 3 saturated carbocycles. The average Bonchev–Trinajstić information content (AvgIpc) is 4.03. The van der Waals surface area contributed by atoms with Crippen molar-refractivity contribution in [2.75, 3.05) is 19.6 Å². The standard InChI is InChI=1S/C24H29N3O.C11H19N.C2H6.C2H2.CH3NO/c1-2-20(28)7-5-3-4-6-8-24-25-16-23(27-24)19-12-14-22-18(15-19)11-13-21(26-22)17-9-10-17;1-2-10(1)9-12-7-5-11(3-4-11)6-8-12;2*1-2;2-1-3/h11-17H,2-10H2,1H3,(H,25,27);10H,1-9H2;1-2H3;1-2H;1H,(H2,2,3). The van der Waals surface area contributed by atoms with Crippen LogP contribution in [0.3, 0.4) is 0 Å². The minimum Gasteiger partial charge on any atom is -0.372 e. The first-order valence-electron chi connectivity index (χ1n) is 18.2. The molecule has 1 spiro atoms. The number of aromatic nitrogens is 3. The van der Waals surface area contributed by atoms with Crippen LogP contribution in [0.5, 0.6) is 0 Å². The molecule has 1 saturated heterocycles. The van der Waals surface area contributed by atoms with Gasteiger partial charge in [0.15, 0.2) is 0 Å². The summed E-state index contributed by atoms with van der Waals surface area (Å²) in [5.74, 6) is 3.21. The molecule has 1 aromatic carbocycles. The van der Waals surface area contributed by atoms with Crippen LogP contribution in [0.25, 0.3) is 22.2 Å². The lowest BCUT2D eigenvalue weighted by molar-refractivity contribution is -0.118. The number of aromatic amines is 1. The number of nitrogens with one attached hydrogen (secondary N) is 1. The first kappa shape index (κ1) is 38.0. The van der Waals surface area contributed by atoms with Crippen LogP contribution in [0.2, 0.25) is 0 Å². The molecule has 0 radical (unpaired) electrons. The van der Waals surface area contributed by atoms with Gasteiger partial charge in [0.2, 0.25) is 6.41 Å². The Balaban J connectivity index is 0.000000260. The lowest BCUT2D eigenvalue weighted by Gasteiger charge is -2.31.